The summed E-state index contributed by atoms with van der Waals surface area (Å²) in [5.74, 6) is -0.149. The van der Waals surface area contributed by atoms with Crippen molar-refractivity contribution in [1.29, 1.82) is 5.26 Å². The number of likely N-dealkylation sites (N-methyl/N-ethyl adjacent to an activating group) is 1. The molecule has 0 spiro atoms. The van der Waals surface area contributed by atoms with Crippen molar-refractivity contribution >= 4 is 5.91 Å². The van der Waals surface area contributed by atoms with Crippen molar-refractivity contribution in [1.82, 2.24) is 4.90 Å². The second-order valence-corrected chi connectivity index (χ2v) is 6.85. The van der Waals surface area contributed by atoms with E-state index in [1.165, 1.54) is 0 Å². The molecule has 1 saturated carbocycles. The van der Waals surface area contributed by atoms with E-state index in [2.05, 4.69) is 6.07 Å². The molecule has 4 unspecified atom stereocenters. The second kappa shape index (κ2) is 5.01. The number of nitrogens with zero attached hydrogens (tertiary/aromatic N) is 2. The molecule has 5 heteroatoms. The van der Waals surface area contributed by atoms with Crippen LogP contribution in [0.1, 0.15) is 33.6 Å². The molecule has 0 aromatic carbocycles. The van der Waals surface area contributed by atoms with Crippen molar-refractivity contribution in [3.05, 3.63) is 0 Å². The molecule has 1 amide bonds. The zero-order valence-electron chi connectivity index (χ0n) is 12.8. The Bertz CT molecular complexity index is 443. The third-order valence-corrected chi connectivity index (χ3v) is 5.15. The van der Waals surface area contributed by atoms with Crippen LogP contribution in [0.5, 0.6) is 0 Å². The Labute approximate surface area is 121 Å². The molecule has 2 rings (SSSR count). The van der Waals surface area contributed by atoms with Gasteiger partial charge in [-0.3, -0.25) is 4.79 Å². The summed E-state index contributed by atoms with van der Waals surface area (Å²) in [6.07, 6.45) is 1.98. The van der Waals surface area contributed by atoms with Crippen LogP contribution in [0.2, 0.25) is 0 Å². The van der Waals surface area contributed by atoms with E-state index < -0.39 is 5.54 Å². The molecule has 0 radical (unpaired) electrons. The normalized spacial score (nSPS) is 36.2. The van der Waals surface area contributed by atoms with Crippen LogP contribution in [-0.4, -0.2) is 42.6 Å². The van der Waals surface area contributed by atoms with Crippen LogP contribution in [0.25, 0.3) is 0 Å². The van der Waals surface area contributed by atoms with Gasteiger partial charge in [0.05, 0.1) is 18.1 Å². The van der Waals surface area contributed by atoms with Crippen molar-refractivity contribution in [3.63, 3.8) is 0 Å². The number of carbonyl (C=O) groups excluding carboxylic acids is 1. The Kier molecular flexibility index (Phi) is 3.83. The minimum absolute atomic E-state index is 0.0589. The fourth-order valence-corrected chi connectivity index (χ4v) is 3.86. The number of nitriles is 1. The zero-order chi connectivity index (χ0) is 15.1. The molecule has 1 heterocycles. The molecule has 0 aromatic rings. The molecule has 2 aliphatic rings. The van der Waals surface area contributed by atoms with Gasteiger partial charge in [0, 0.05) is 31.5 Å². The Morgan fingerprint density at radius 2 is 2.25 bits per heavy atom. The van der Waals surface area contributed by atoms with Gasteiger partial charge in [-0.25, -0.2) is 0 Å². The van der Waals surface area contributed by atoms with Gasteiger partial charge in [-0.1, -0.05) is 13.8 Å². The standard InChI is InChI=1S/C15H25N3O2/c1-10(8-16)9-18(4)13(19)15(17)11-6-5-7-20-12(11)14(15,2)3/h10-12H,5-7,9,17H2,1-4H3. The minimum atomic E-state index is -0.873. The lowest BCUT2D eigenvalue weighted by Crippen LogP contribution is -2.82. The molecule has 1 saturated heterocycles. The number of hydrogen-bond donors (Lipinski definition) is 1. The third-order valence-electron chi connectivity index (χ3n) is 5.15. The smallest absolute Gasteiger partial charge is 0.243 e. The van der Waals surface area contributed by atoms with Gasteiger partial charge in [-0.15, -0.1) is 0 Å². The highest BCUT2D eigenvalue weighted by Gasteiger charge is 2.70. The fourth-order valence-electron chi connectivity index (χ4n) is 3.86. The van der Waals surface area contributed by atoms with Crippen molar-refractivity contribution < 1.29 is 9.53 Å². The lowest BCUT2D eigenvalue weighted by molar-refractivity contribution is -0.229. The van der Waals surface area contributed by atoms with E-state index >= 15 is 0 Å². The molecule has 2 fully saturated rings. The summed E-state index contributed by atoms with van der Waals surface area (Å²) in [5, 5.41) is 8.89. The molecular formula is C15H25N3O2. The van der Waals surface area contributed by atoms with E-state index in [0.717, 1.165) is 19.4 Å². The minimum Gasteiger partial charge on any atom is -0.377 e. The molecule has 112 valence electrons. The van der Waals surface area contributed by atoms with Gasteiger partial charge in [-0.05, 0) is 19.8 Å². The third kappa shape index (κ3) is 1.94. The van der Waals surface area contributed by atoms with Crippen molar-refractivity contribution in [2.45, 2.75) is 45.3 Å². The lowest BCUT2D eigenvalue weighted by atomic mass is 9.46. The van der Waals surface area contributed by atoms with Gasteiger partial charge in [0.2, 0.25) is 5.91 Å². The maximum atomic E-state index is 12.8. The van der Waals surface area contributed by atoms with Gasteiger partial charge in [0.25, 0.3) is 0 Å². The molecule has 0 aromatic heterocycles. The lowest BCUT2D eigenvalue weighted by Gasteiger charge is -2.65. The number of rotatable bonds is 3. The molecule has 5 nitrogen and oxygen atoms in total. The topological polar surface area (TPSA) is 79.4 Å². The van der Waals surface area contributed by atoms with Crippen molar-refractivity contribution in [2.75, 3.05) is 20.2 Å². The van der Waals surface area contributed by atoms with Crippen LogP contribution in [0, 0.1) is 28.6 Å². The quantitative estimate of drug-likeness (QED) is 0.840. The summed E-state index contributed by atoms with van der Waals surface area (Å²) in [7, 11) is 1.73. The fraction of sp³-hybridized carbons (Fsp3) is 0.867. The highest BCUT2D eigenvalue weighted by Crippen LogP contribution is 2.57. The van der Waals surface area contributed by atoms with Crippen LogP contribution in [-0.2, 0) is 9.53 Å². The molecule has 2 N–H and O–H groups in total. The van der Waals surface area contributed by atoms with Crippen LogP contribution >= 0.6 is 0 Å². The molecule has 4 atom stereocenters. The van der Waals surface area contributed by atoms with Crippen LogP contribution in [0.15, 0.2) is 0 Å². The Morgan fingerprint density at radius 3 is 2.85 bits per heavy atom. The van der Waals surface area contributed by atoms with Gasteiger partial charge in [0.15, 0.2) is 0 Å². The predicted octanol–water partition coefficient (Wildman–Crippen LogP) is 1.14. The molecule has 1 aliphatic carbocycles. The zero-order valence-corrected chi connectivity index (χ0v) is 12.8. The van der Waals surface area contributed by atoms with Gasteiger partial charge in [0.1, 0.15) is 5.54 Å². The van der Waals surface area contributed by atoms with Gasteiger partial charge >= 0.3 is 0 Å². The Morgan fingerprint density at radius 1 is 1.60 bits per heavy atom. The molecule has 20 heavy (non-hydrogen) atoms. The maximum absolute atomic E-state index is 12.8. The number of amides is 1. The highest BCUT2D eigenvalue weighted by molar-refractivity contribution is 5.89. The average molecular weight is 279 g/mol. The Hall–Kier alpha value is -1.12. The van der Waals surface area contributed by atoms with E-state index in [1.807, 2.05) is 20.8 Å². The summed E-state index contributed by atoms with van der Waals surface area (Å²) in [6, 6.07) is 2.16. The molecular weight excluding hydrogens is 254 g/mol. The van der Waals surface area contributed by atoms with Crippen LogP contribution in [0.4, 0.5) is 0 Å². The number of nitrogens with two attached hydrogens (primary N) is 1. The summed E-state index contributed by atoms with van der Waals surface area (Å²) in [6.45, 7) is 7.02. The summed E-state index contributed by atoms with van der Waals surface area (Å²) in [4.78, 5) is 14.4. The van der Waals surface area contributed by atoms with Gasteiger partial charge < -0.3 is 15.4 Å². The number of fused-ring (bicyclic) bond motifs is 1. The van der Waals surface area contributed by atoms with Crippen molar-refractivity contribution in [2.24, 2.45) is 23.0 Å². The maximum Gasteiger partial charge on any atom is 0.243 e. The van der Waals surface area contributed by atoms with E-state index in [4.69, 9.17) is 15.7 Å². The van der Waals surface area contributed by atoms with Crippen LogP contribution < -0.4 is 5.73 Å². The highest BCUT2D eigenvalue weighted by atomic mass is 16.5. The summed E-state index contributed by atoms with van der Waals surface area (Å²) < 4.78 is 5.82. The van der Waals surface area contributed by atoms with E-state index in [-0.39, 0.29) is 29.3 Å². The van der Waals surface area contributed by atoms with Gasteiger partial charge in [-0.2, -0.15) is 5.26 Å². The first-order valence-corrected chi connectivity index (χ1v) is 7.32. The first-order chi connectivity index (χ1) is 9.26. The number of hydrogen-bond acceptors (Lipinski definition) is 4. The number of ether oxygens (including phenoxy) is 1. The van der Waals surface area contributed by atoms with E-state index in [9.17, 15) is 4.79 Å². The first kappa shape index (κ1) is 15.3. The second-order valence-electron chi connectivity index (χ2n) is 6.85. The predicted molar refractivity (Wildman–Crippen MR) is 75.6 cm³/mol. The molecule has 0 bridgehead atoms. The first-order valence-electron chi connectivity index (χ1n) is 7.32. The number of carbonyl (C=O) groups is 1. The summed E-state index contributed by atoms with van der Waals surface area (Å²) >= 11 is 0. The van der Waals surface area contributed by atoms with E-state index in [1.54, 1.807) is 11.9 Å². The Balaban J connectivity index is 2.17. The van der Waals surface area contributed by atoms with Crippen molar-refractivity contribution in [3.8, 4) is 6.07 Å². The summed E-state index contributed by atoms with van der Waals surface area (Å²) in [5.41, 5.74) is 5.31. The average Bonchev–Trinajstić information content (AvgIpc) is 2.45. The van der Waals surface area contributed by atoms with Crippen LogP contribution in [0.3, 0.4) is 0 Å². The largest absolute Gasteiger partial charge is 0.377 e. The monoisotopic (exact) mass is 279 g/mol. The SMILES string of the molecule is CC(C#N)CN(C)C(=O)C1(N)C2CCCOC2C1(C)C. The molecule has 1 aliphatic heterocycles. The van der Waals surface area contributed by atoms with E-state index in [0.29, 0.717) is 6.54 Å².